The predicted molar refractivity (Wildman–Crippen MR) is 127 cm³/mol. The molecule has 6 nitrogen and oxygen atoms in total. The van der Waals surface area contributed by atoms with E-state index in [4.69, 9.17) is 4.74 Å². The molecule has 0 bridgehead atoms. The lowest BCUT2D eigenvalue weighted by molar-refractivity contribution is -0.137. The maximum Gasteiger partial charge on any atom is 0.257 e. The molecule has 2 aliphatic rings. The molecule has 2 aromatic rings. The van der Waals surface area contributed by atoms with Gasteiger partial charge in [0.05, 0.1) is 25.6 Å². The van der Waals surface area contributed by atoms with Crippen LogP contribution in [0.1, 0.15) is 44.1 Å². The summed E-state index contributed by atoms with van der Waals surface area (Å²) in [5.41, 5.74) is 2.73. The van der Waals surface area contributed by atoms with Crippen molar-refractivity contribution in [2.75, 3.05) is 18.6 Å². The Morgan fingerprint density at radius 3 is 2.48 bits per heavy atom. The van der Waals surface area contributed by atoms with Crippen molar-refractivity contribution in [3.63, 3.8) is 0 Å². The molecule has 3 amide bonds. The Labute approximate surface area is 194 Å². The number of hydrogen-bond acceptors (Lipinski definition) is 4. The number of anilines is 1. The summed E-state index contributed by atoms with van der Waals surface area (Å²) in [6, 6.07) is 15.6. The molecule has 0 spiro atoms. The van der Waals surface area contributed by atoms with Gasteiger partial charge in [-0.25, -0.2) is 4.90 Å². The zero-order valence-corrected chi connectivity index (χ0v) is 19.0. The van der Waals surface area contributed by atoms with Crippen molar-refractivity contribution in [1.82, 2.24) is 4.90 Å². The van der Waals surface area contributed by atoms with E-state index < -0.39 is 6.04 Å². The van der Waals surface area contributed by atoms with Crippen LogP contribution in [0.25, 0.3) is 0 Å². The second-order valence-corrected chi connectivity index (χ2v) is 8.59. The number of nitrogens with zero attached hydrogens (tertiary/aromatic N) is 2. The normalized spacial score (nSPS) is 18.3. The minimum atomic E-state index is -0.778. The average molecular weight is 447 g/mol. The van der Waals surface area contributed by atoms with Gasteiger partial charge in [-0.15, -0.1) is 0 Å². The fraction of sp³-hybridized carbons (Fsp3) is 0.370. The topological polar surface area (TPSA) is 66.9 Å². The summed E-state index contributed by atoms with van der Waals surface area (Å²) in [6.45, 7) is 0.442. The van der Waals surface area contributed by atoms with Gasteiger partial charge in [0.2, 0.25) is 11.8 Å². The summed E-state index contributed by atoms with van der Waals surface area (Å²) in [7, 11) is 1.56. The van der Waals surface area contributed by atoms with Gasteiger partial charge in [-0.1, -0.05) is 42.0 Å². The molecule has 1 unspecified atom stereocenters. The van der Waals surface area contributed by atoms with E-state index in [1.807, 2.05) is 30.3 Å². The molecule has 33 heavy (non-hydrogen) atoms. The van der Waals surface area contributed by atoms with Crippen molar-refractivity contribution in [3.8, 4) is 5.75 Å². The summed E-state index contributed by atoms with van der Waals surface area (Å²) in [5, 5.41) is 0. The van der Waals surface area contributed by atoms with Crippen molar-refractivity contribution in [2.45, 2.75) is 51.0 Å². The number of allylic oxidation sites excluding steroid dienone is 1. The van der Waals surface area contributed by atoms with Gasteiger partial charge < -0.3 is 9.64 Å². The van der Waals surface area contributed by atoms with Gasteiger partial charge in [0.15, 0.2) is 0 Å². The first kappa shape index (κ1) is 22.8. The van der Waals surface area contributed by atoms with Crippen LogP contribution in [0.2, 0.25) is 0 Å². The van der Waals surface area contributed by atoms with E-state index in [0.717, 1.165) is 31.2 Å². The fourth-order valence-electron chi connectivity index (χ4n) is 4.58. The highest BCUT2D eigenvalue weighted by atomic mass is 16.5. The molecule has 1 fully saturated rings. The van der Waals surface area contributed by atoms with Gasteiger partial charge >= 0.3 is 0 Å². The molecule has 0 radical (unpaired) electrons. The van der Waals surface area contributed by atoms with E-state index in [1.165, 1.54) is 16.9 Å². The lowest BCUT2D eigenvalue weighted by Gasteiger charge is -2.29. The molecule has 2 aromatic carbocycles. The predicted octanol–water partition coefficient (Wildman–Crippen LogP) is 4.29. The van der Waals surface area contributed by atoms with Gasteiger partial charge in [-0.05, 0) is 61.9 Å². The number of amides is 3. The van der Waals surface area contributed by atoms with Crippen LogP contribution < -0.4 is 9.64 Å². The zero-order chi connectivity index (χ0) is 23.2. The molecule has 1 aliphatic carbocycles. The number of ether oxygens (including phenoxy) is 1. The molecule has 1 saturated heterocycles. The van der Waals surface area contributed by atoms with Crippen molar-refractivity contribution in [3.05, 3.63) is 71.8 Å². The third kappa shape index (κ3) is 5.33. The van der Waals surface area contributed by atoms with Gasteiger partial charge in [0.25, 0.3) is 5.91 Å². The maximum absolute atomic E-state index is 13.4. The Bertz CT molecular complexity index is 1030. The zero-order valence-electron chi connectivity index (χ0n) is 19.0. The molecule has 1 aliphatic heterocycles. The summed E-state index contributed by atoms with van der Waals surface area (Å²) in [4.78, 5) is 42.4. The monoisotopic (exact) mass is 446 g/mol. The quantitative estimate of drug-likeness (QED) is 0.448. The van der Waals surface area contributed by atoms with E-state index in [0.29, 0.717) is 18.0 Å². The van der Waals surface area contributed by atoms with Crippen molar-refractivity contribution in [1.29, 1.82) is 0 Å². The van der Waals surface area contributed by atoms with Crippen LogP contribution in [0.4, 0.5) is 5.69 Å². The Morgan fingerprint density at radius 1 is 1.06 bits per heavy atom. The van der Waals surface area contributed by atoms with E-state index in [-0.39, 0.29) is 30.6 Å². The first-order chi connectivity index (χ1) is 16.1. The highest BCUT2D eigenvalue weighted by Gasteiger charge is 2.44. The van der Waals surface area contributed by atoms with Crippen LogP contribution in [0.3, 0.4) is 0 Å². The summed E-state index contributed by atoms with van der Waals surface area (Å²) < 4.78 is 5.18. The third-order valence-corrected chi connectivity index (χ3v) is 6.41. The smallest absolute Gasteiger partial charge is 0.257 e. The summed E-state index contributed by atoms with van der Waals surface area (Å²) >= 11 is 0. The Hall–Kier alpha value is -3.41. The Morgan fingerprint density at radius 2 is 1.82 bits per heavy atom. The second-order valence-electron chi connectivity index (χ2n) is 8.59. The Kier molecular flexibility index (Phi) is 7.23. The Balaban J connectivity index is 1.55. The molecule has 4 rings (SSSR count). The lowest BCUT2D eigenvalue weighted by Crippen LogP contribution is -2.46. The molecular formula is C27H30N2O4. The van der Waals surface area contributed by atoms with Gasteiger partial charge in [-0.3, -0.25) is 14.4 Å². The highest BCUT2D eigenvalue weighted by Crippen LogP contribution is 2.29. The second kappa shape index (κ2) is 10.5. The minimum Gasteiger partial charge on any atom is -0.497 e. The van der Waals surface area contributed by atoms with Crippen LogP contribution in [0.15, 0.2) is 66.2 Å². The number of carbonyl (C=O) groups is 3. The number of imide groups is 1. The largest absolute Gasteiger partial charge is 0.497 e. The maximum atomic E-state index is 13.4. The number of hydrogen-bond donors (Lipinski definition) is 0. The molecule has 6 heteroatoms. The third-order valence-electron chi connectivity index (χ3n) is 6.41. The molecular weight excluding hydrogens is 416 g/mol. The first-order valence-corrected chi connectivity index (χ1v) is 11.6. The van der Waals surface area contributed by atoms with Crippen LogP contribution in [-0.2, 0) is 20.8 Å². The molecule has 0 saturated carbocycles. The van der Waals surface area contributed by atoms with Crippen molar-refractivity contribution in [2.24, 2.45) is 0 Å². The lowest BCUT2D eigenvalue weighted by atomic mass is 9.96. The van der Waals surface area contributed by atoms with Gasteiger partial charge in [0, 0.05) is 6.54 Å². The van der Waals surface area contributed by atoms with Crippen LogP contribution in [-0.4, -0.2) is 42.3 Å². The highest BCUT2D eigenvalue weighted by molar-refractivity contribution is 6.23. The number of rotatable bonds is 8. The van der Waals surface area contributed by atoms with Crippen LogP contribution in [0, 0.1) is 0 Å². The summed E-state index contributed by atoms with van der Waals surface area (Å²) in [5.74, 6) is -0.107. The van der Waals surface area contributed by atoms with Crippen molar-refractivity contribution >= 4 is 23.4 Å². The van der Waals surface area contributed by atoms with E-state index in [9.17, 15) is 14.4 Å². The van der Waals surface area contributed by atoms with Gasteiger partial charge in [0.1, 0.15) is 11.8 Å². The average Bonchev–Trinajstić information content (AvgIpc) is 3.14. The SMILES string of the molecule is COc1ccc(N2C(=O)CC(N(CCC3=CCCCC3)C(=O)Cc3ccccc3)C2=O)cc1. The standard InChI is InChI=1S/C27H30N2O4/c1-33-23-14-12-22(13-15-23)29-26(31)19-24(27(29)32)28(17-16-20-8-4-2-5-9-20)25(30)18-21-10-6-3-7-11-21/h3,6-8,10-15,24H,2,4-5,9,16-19H2,1H3. The fourth-order valence-corrected chi connectivity index (χ4v) is 4.58. The van der Waals surface area contributed by atoms with Crippen molar-refractivity contribution < 1.29 is 19.1 Å². The molecule has 1 heterocycles. The van der Waals surface area contributed by atoms with E-state index in [2.05, 4.69) is 6.08 Å². The number of methoxy groups -OCH3 is 1. The first-order valence-electron chi connectivity index (χ1n) is 11.6. The van der Waals surface area contributed by atoms with E-state index >= 15 is 0 Å². The molecule has 172 valence electrons. The van der Waals surface area contributed by atoms with Gasteiger partial charge in [-0.2, -0.15) is 0 Å². The van der Waals surface area contributed by atoms with Crippen LogP contribution in [0.5, 0.6) is 5.75 Å². The number of benzene rings is 2. The molecule has 1 atom stereocenters. The van der Waals surface area contributed by atoms with Crippen LogP contribution >= 0.6 is 0 Å². The molecule has 0 aromatic heterocycles. The minimum absolute atomic E-state index is 0.00440. The van der Waals surface area contributed by atoms with E-state index in [1.54, 1.807) is 36.3 Å². The number of carbonyl (C=O) groups excluding carboxylic acids is 3. The molecule has 0 N–H and O–H groups in total. The summed E-state index contributed by atoms with van der Waals surface area (Å²) in [6.07, 6.45) is 7.68.